The summed E-state index contributed by atoms with van der Waals surface area (Å²) < 4.78 is 18.8. The van der Waals surface area contributed by atoms with E-state index < -0.39 is 5.54 Å². The first kappa shape index (κ1) is 12.7. The van der Waals surface area contributed by atoms with Gasteiger partial charge in [-0.15, -0.1) is 0 Å². The summed E-state index contributed by atoms with van der Waals surface area (Å²) in [7, 11) is 0. The average Bonchev–Trinajstić information content (AvgIpc) is 2.79. The molecule has 4 nitrogen and oxygen atoms in total. The van der Waals surface area contributed by atoms with Gasteiger partial charge in [-0.25, -0.2) is 4.39 Å². The van der Waals surface area contributed by atoms with Gasteiger partial charge in [0, 0.05) is 0 Å². The van der Waals surface area contributed by atoms with Gasteiger partial charge in [0.25, 0.3) is 0 Å². The lowest BCUT2D eigenvalue weighted by molar-refractivity contribution is 0.272. The molecule has 2 aromatic rings. The van der Waals surface area contributed by atoms with E-state index in [1.54, 1.807) is 18.2 Å². The summed E-state index contributed by atoms with van der Waals surface area (Å²) >= 11 is 0. The molecule has 0 saturated carbocycles. The Morgan fingerprint density at radius 1 is 1.33 bits per heavy atom. The van der Waals surface area contributed by atoms with Gasteiger partial charge in [0.15, 0.2) is 0 Å². The molecule has 0 saturated heterocycles. The molecule has 2 rings (SSSR count). The Kier molecular flexibility index (Phi) is 3.43. The van der Waals surface area contributed by atoms with Gasteiger partial charge >= 0.3 is 0 Å². The molecule has 0 aliphatic carbocycles. The molecule has 0 aliphatic rings. The van der Waals surface area contributed by atoms with E-state index in [1.807, 2.05) is 20.8 Å². The zero-order valence-electron chi connectivity index (χ0n) is 10.7. The topological polar surface area (TPSA) is 51.0 Å². The second-order valence-electron chi connectivity index (χ2n) is 4.56. The summed E-state index contributed by atoms with van der Waals surface area (Å²) in [5.74, 6) is 0.364. The number of rotatable bonds is 4. The maximum Gasteiger partial charge on any atom is 0.246 e. The van der Waals surface area contributed by atoms with Gasteiger partial charge < -0.3 is 9.84 Å². The number of hydrogen-bond donors (Lipinski definition) is 1. The maximum absolute atomic E-state index is 13.6. The highest BCUT2D eigenvalue weighted by molar-refractivity contribution is 5.54. The molecule has 0 atom stereocenters. The monoisotopic (exact) mass is 249 g/mol. The molecule has 1 N–H and O–H groups in total. The smallest absolute Gasteiger partial charge is 0.246 e. The van der Waals surface area contributed by atoms with Crippen LogP contribution in [0.1, 0.15) is 26.7 Å². The maximum atomic E-state index is 13.6. The predicted octanol–water partition coefficient (Wildman–Crippen LogP) is 2.72. The number of halogens is 1. The van der Waals surface area contributed by atoms with Gasteiger partial charge in [-0.05, 0) is 32.5 Å². The quantitative estimate of drug-likeness (QED) is 0.905. The van der Waals surface area contributed by atoms with Crippen molar-refractivity contribution in [2.24, 2.45) is 0 Å². The van der Waals surface area contributed by atoms with Gasteiger partial charge in [-0.1, -0.05) is 24.2 Å². The molecule has 0 aliphatic heterocycles. The van der Waals surface area contributed by atoms with Crippen LogP contribution in [0, 0.1) is 5.82 Å². The molecule has 5 heteroatoms. The lowest BCUT2D eigenvalue weighted by atomic mass is 10.1. The molecule has 1 aromatic heterocycles. The Morgan fingerprint density at radius 2 is 2.06 bits per heavy atom. The normalized spacial score (nSPS) is 11.8. The third kappa shape index (κ3) is 2.41. The van der Waals surface area contributed by atoms with Crippen LogP contribution < -0.4 is 5.32 Å². The van der Waals surface area contributed by atoms with E-state index in [4.69, 9.17) is 4.52 Å². The second-order valence-corrected chi connectivity index (χ2v) is 4.56. The van der Waals surface area contributed by atoms with Crippen LogP contribution in [0.15, 0.2) is 28.8 Å². The Morgan fingerprint density at radius 3 is 2.72 bits per heavy atom. The molecule has 0 fully saturated rings. The first-order valence-corrected chi connectivity index (χ1v) is 5.88. The molecule has 0 amide bonds. The van der Waals surface area contributed by atoms with E-state index in [-0.39, 0.29) is 11.6 Å². The molecular formula is C13H16FN3O. The molecule has 0 unspecified atom stereocenters. The molecule has 1 heterocycles. The zero-order valence-corrected chi connectivity index (χ0v) is 10.7. The van der Waals surface area contributed by atoms with Crippen LogP contribution in [0.4, 0.5) is 4.39 Å². The van der Waals surface area contributed by atoms with Crippen molar-refractivity contribution in [2.75, 3.05) is 6.54 Å². The number of benzene rings is 1. The molecule has 0 bridgehead atoms. The molecule has 18 heavy (non-hydrogen) atoms. The predicted molar refractivity (Wildman–Crippen MR) is 66.4 cm³/mol. The fraction of sp³-hybridized carbons (Fsp3) is 0.385. The van der Waals surface area contributed by atoms with Crippen molar-refractivity contribution in [3.63, 3.8) is 0 Å². The highest BCUT2D eigenvalue weighted by Gasteiger charge is 2.27. The Balaban J connectivity index is 2.34. The van der Waals surface area contributed by atoms with Crippen molar-refractivity contribution in [2.45, 2.75) is 26.3 Å². The van der Waals surface area contributed by atoms with Gasteiger partial charge in [0.1, 0.15) is 5.82 Å². The van der Waals surface area contributed by atoms with E-state index >= 15 is 0 Å². The molecule has 1 aromatic carbocycles. The molecule has 0 radical (unpaired) electrons. The minimum Gasteiger partial charge on any atom is -0.337 e. The summed E-state index contributed by atoms with van der Waals surface area (Å²) in [4.78, 5) is 4.25. The highest BCUT2D eigenvalue weighted by atomic mass is 19.1. The number of nitrogens with zero attached hydrogens (tertiary/aromatic N) is 2. The Labute approximate surface area is 105 Å². The average molecular weight is 249 g/mol. The van der Waals surface area contributed by atoms with Gasteiger partial charge in [-0.3, -0.25) is 0 Å². The highest BCUT2D eigenvalue weighted by Crippen LogP contribution is 2.23. The lowest BCUT2D eigenvalue weighted by Crippen LogP contribution is -2.36. The van der Waals surface area contributed by atoms with E-state index in [0.717, 1.165) is 6.54 Å². The molecular weight excluding hydrogens is 233 g/mol. The first-order valence-electron chi connectivity index (χ1n) is 5.88. The Hall–Kier alpha value is -1.75. The zero-order chi connectivity index (χ0) is 13.2. The van der Waals surface area contributed by atoms with E-state index in [9.17, 15) is 4.39 Å². The summed E-state index contributed by atoms with van der Waals surface area (Å²) in [5, 5.41) is 7.06. The van der Waals surface area contributed by atoms with Crippen LogP contribution in [0.25, 0.3) is 11.4 Å². The standard InChI is InChI=1S/C13H16FN3O/c1-4-15-13(2,3)12-16-11(17-18-12)9-7-5-6-8-10(9)14/h5-8,15H,4H2,1-3H3. The van der Waals surface area contributed by atoms with E-state index in [2.05, 4.69) is 15.5 Å². The van der Waals surface area contributed by atoms with Crippen molar-refractivity contribution in [3.8, 4) is 11.4 Å². The summed E-state index contributed by atoms with van der Waals surface area (Å²) in [6.07, 6.45) is 0. The van der Waals surface area contributed by atoms with Gasteiger partial charge in [0.2, 0.25) is 11.7 Å². The third-order valence-electron chi connectivity index (χ3n) is 2.69. The summed E-state index contributed by atoms with van der Waals surface area (Å²) in [6, 6.07) is 6.37. The fourth-order valence-electron chi connectivity index (χ4n) is 1.75. The van der Waals surface area contributed by atoms with Crippen molar-refractivity contribution < 1.29 is 8.91 Å². The van der Waals surface area contributed by atoms with Crippen LogP contribution in [0.5, 0.6) is 0 Å². The summed E-state index contributed by atoms with van der Waals surface area (Å²) in [6.45, 7) is 6.66. The Bertz CT molecular complexity index is 537. The van der Waals surface area contributed by atoms with E-state index in [0.29, 0.717) is 11.5 Å². The van der Waals surface area contributed by atoms with Crippen LogP contribution >= 0.6 is 0 Å². The fourth-order valence-corrected chi connectivity index (χ4v) is 1.75. The van der Waals surface area contributed by atoms with Crippen LogP contribution in [-0.2, 0) is 5.54 Å². The van der Waals surface area contributed by atoms with Gasteiger partial charge in [-0.2, -0.15) is 4.98 Å². The SMILES string of the molecule is CCNC(C)(C)c1nc(-c2ccccc2F)no1. The molecule has 96 valence electrons. The summed E-state index contributed by atoms with van der Waals surface area (Å²) in [5.41, 5.74) is -0.0783. The van der Waals surface area contributed by atoms with E-state index in [1.165, 1.54) is 6.07 Å². The van der Waals surface area contributed by atoms with Crippen LogP contribution in [0.3, 0.4) is 0 Å². The number of nitrogens with one attached hydrogen (secondary N) is 1. The lowest BCUT2D eigenvalue weighted by Gasteiger charge is -2.20. The number of aromatic nitrogens is 2. The molecule has 0 spiro atoms. The van der Waals surface area contributed by atoms with Gasteiger partial charge in [0.05, 0.1) is 11.1 Å². The minimum absolute atomic E-state index is 0.272. The van der Waals surface area contributed by atoms with Crippen molar-refractivity contribution in [1.82, 2.24) is 15.5 Å². The third-order valence-corrected chi connectivity index (χ3v) is 2.69. The minimum atomic E-state index is -0.425. The van der Waals surface area contributed by atoms with Crippen LogP contribution in [-0.4, -0.2) is 16.7 Å². The van der Waals surface area contributed by atoms with Crippen molar-refractivity contribution >= 4 is 0 Å². The van der Waals surface area contributed by atoms with Crippen molar-refractivity contribution in [3.05, 3.63) is 36.0 Å². The second kappa shape index (κ2) is 4.86. The first-order chi connectivity index (χ1) is 8.54. The largest absolute Gasteiger partial charge is 0.337 e. The van der Waals surface area contributed by atoms with Crippen molar-refractivity contribution in [1.29, 1.82) is 0 Å². The number of hydrogen-bond acceptors (Lipinski definition) is 4. The van der Waals surface area contributed by atoms with Crippen LogP contribution in [0.2, 0.25) is 0 Å².